The lowest BCUT2D eigenvalue weighted by Gasteiger charge is -2.05. The Morgan fingerprint density at radius 2 is 1.73 bits per heavy atom. The molecule has 0 amide bonds. The Kier molecular flexibility index (Phi) is 4.36. The molecule has 0 heterocycles. The molecule has 0 spiro atoms. The van der Waals surface area contributed by atoms with E-state index in [4.69, 9.17) is 28.3 Å². The zero-order chi connectivity index (χ0) is 11.5. The van der Waals surface area contributed by atoms with Crippen LogP contribution in [0.15, 0.2) is 23.1 Å². The van der Waals surface area contributed by atoms with Crippen LogP contribution in [0.25, 0.3) is 0 Å². The molecular weight excluding hydrogens is 261 g/mol. The highest BCUT2D eigenvalue weighted by Gasteiger charge is 2.14. The van der Waals surface area contributed by atoms with Gasteiger partial charge < -0.3 is 5.11 Å². The molecule has 0 aliphatic carbocycles. The van der Waals surface area contributed by atoms with E-state index in [1.54, 1.807) is 0 Å². The van der Waals surface area contributed by atoms with E-state index in [-0.39, 0.29) is 28.1 Å². The molecule has 0 saturated carbocycles. The molecule has 15 heavy (non-hydrogen) atoms. The zero-order valence-corrected chi connectivity index (χ0v) is 9.90. The maximum atomic E-state index is 11.6. The average molecular weight is 270 g/mol. The van der Waals surface area contributed by atoms with Crippen molar-refractivity contribution in [3.05, 3.63) is 28.2 Å². The quantitative estimate of drug-likeness (QED) is 0.865. The number of halogens is 2. The third-order valence-electron chi connectivity index (χ3n) is 1.55. The molecule has 1 rings (SSSR count). The second-order valence-corrected chi connectivity index (χ2v) is 5.37. The van der Waals surface area contributed by atoms with Crippen molar-refractivity contribution in [3.8, 4) is 0 Å². The van der Waals surface area contributed by atoms with Gasteiger partial charge in [-0.15, -0.1) is 0 Å². The van der Waals surface area contributed by atoms with Crippen LogP contribution in [0.1, 0.15) is 0 Å². The minimum atomic E-state index is -3.65. The van der Waals surface area contributed by atoms with E-state index < -0.39 is 10.0 Å². The summed E-state index contributed by atoms with van der Waals surface area (Å²) in [6.45, 7) is -0.319. The first-order valence-electron chi connectivity index (χ1n) is 4.02. The van der Waals surface area contributed by atoms with E-state index in [0.29, 0.717) is 0 Å². The first-order chi connectivity index (χ1) is 6.95. The van der Waals surface area contributed by atoms with Crippen molar-refractivity contribution in [3.63, 3.8) is 0 Å². The summed E-state index contributed by atoms with van der Waals surface area (Å²) < 4.78 is 25.3. The van der Waals surface area contributed by atoms with Crippen molar-refractivity contribution in [1.29, 1.82) is 0 Å². The lowest BCUT2D eigenvalue weighted by atomic mass is 10.4. The fourth-order valence-corrected chi connectivity index (χ4v) is 2.69. The minimum absolute atomic E-state index is 0.0200. The van der Waals surface area contributed by atoms with Gasteiger partial charge in [-0.05, 0) is 18.2 Å². The standard InChI is InChI=1S/C8H9Cl2NO3S/c9-6-3-7(10)5-8(4-6)15(13,14)11-1-2-12/h3-5,11-12H,1-2H2. The van der Waals surface area contributed by atoms with Crippen LogP contribution in [0.3, 0.4) is 0 Å². The summed E-state index contributed by atoms with van der Waals surface area (Å²) in [6, 6.07) is 4.01. The third-order valence-corrected chi connectivity index (χ3v) is 3.43. The number of aliphatic hydroxyl groups excluding tert-OH is 1. The molecule has 7 heteroatoms. The van der Waals surface area contributed by atoms with Crippen LogP contribution in [0.4, 0.5) is 0 Å². The second-order valence-electron chi connectivity index (χ2n) is 2.73. The van der Waals surface area contributed by atoms with Crippen LogP contribution in [0, 0.1) is 0 Å². The lowest BCUT2D eigenvalue weighted by Crippen LogP contribution is -2.26. The van der Waals surface area contributed by atoms with Crippen LogP contribution >= 0.6 is 23.2 Å². The summed E-state index contributed by atoms with van der Waals surface area (Å²) in [4.78, 5) is -0.0200. The monoisotopic (exact) mass is 269 g/mol. The summed E-state index contributed by atoms with van der Waals surface area (Å²) in [6.07, 6.45) is 0. The number of nitrogens with one attached hydrogen (secondary N) is 1. The topological polar surface area (TPSA) is 66.4 Å². The molecule has 0 aliphatic heterocycles. The van der Waals surface area contributed by atoms with Crippen molar-refractivity contribution >= 4 is 33.2 Å². The van der Waals surface area contributed by atoms with Crippen LogP contribution in [-0.4, -0.2) is 26.7 Å². The van der Waals surface area contributed by atoms with E-state index >= 15 is 0 Å². The maximum absolute atomic E-state index is 11.6. The van der Waals surface area contributed by atoms with Gasteiger partial charge in [-0.1, -0.05) is 23.2 Å². The van der Waals surface area contributed by atoms with Crippen molar-refractivity contribution < 1.29 is 13.5 Å². The van der Waals surface area contributed by atoms with Crippen molar-refractivity contribution in [2.45, 2.75) is 4.90 Å². The minimum Gasteiger partial charge on any atom is -0.395 e. The van der Waals surface area contributed by atoms with Gasteiger partial charge in [0, 0.05) is 16.6 Å². The normalized spacial score (nSPS) is 11.7. The molecule has 2 N–H and O–H groups in total. The Bertz CT molecular complexity index is 427. The molecule has 0 fully saturated rings. The van der Waals surface area contributed by atoms with E-state index in [9.17, 15) is 8.42 Å². The van der Waals surface area contributed by atoms with Gasteiger partial charge in [-0.25, -0.2) is 13.1 Å². The molecule has 0 aromatic heterocycles. The Hall–Kier alpha value is -0.330. The van der Waals surface area contributed by atoms with E-state index in [1.165, 1.54) is 18.2 Å². The molecule has 0 bridgehead atoms. The number of hydrogen-bond donors (Lipinski definition) is 2. The highest BCUT2D eigenvalue weighted by molar-refractivity contribution is 7.89. The summed E-state index contributed by atoms with van der Waals surface area (Å²) in [5.41, 5.74) is 0. The molecule has 84 valence electrons. The van der Waals surface area contributed by atoms with Gasteiger partial charge in [-0.3, -0.25) is 0 Å². The first kappa shape index (κ1) is 12.7. The lowest BCUT2D eigenvalue weighted by molar-refractivity contribution is 0.301. The predicted molar refractivity (Wildman–Crippen MR) is 58.7 cm³/mol. The molecule has 1 aromatic rings. The Labute approximate surface area is 97.9 Å². The van der Waals surface area contributed by atoms with Gasteiger partial charge in [0.2, 0.25) is 10.0 Å². The smallest absolute Gasteiger partial charge is 0.240 e. The number of hydrogen-bond acceptors (Lipinski definition) is 3. The van der Waals surface area contributed by atoms with E-state index in [1.807, 2.05) is 0 Å². The molecule has 0 atom stereocenters. The van der Waals surface area contributed by atoms with Crippen molar-refractivity contribution in [1.82, 2.24) is 4.72 Å². The zero-order valence-electron chi connectivity index (χ0n) is 7.57. The Balaban J connectivity index is 3.04. The second kappa shape index (κ2) is 5.14. The number of benzene rings is 1. The fraction of sp³-hybridized carbons (Fsp3) is 0.250. The van der Waals surface area contributed by atoms with Gasteiger partial charge in [0.15, 0.2) is 0 Å². The van der Waals surface area contributed by atoms with Crippen molar-refractivity contribution in [2.24, 2.45) is 0 Å². The van der Waals surface area contributed by atoms with Crippen LogP contribution in [0.5, 0.6) is 0 Å². The van der Waals surface area contributed by atoms with E-state index in [2.05, 4.69) is 4.72 Å². The van der Waals surface area contributed by atoms with Gasteiger partial charge in [-0.2, -0.15) is 0 Å². The molecule has 1 aromatic carbocycles. The van der Waals surface area contributed by atoms with Gasteiger partial charge >= 0.3 is 0 Å². The highest BCUT2D eigenvalue weighted by atomic mass is 35.5. The van der Waals surface area contributed by atoms with Crippen LogP contribution in [-0.2, 0) is 10.0 Å². The SMILES string of the molecule is O=S(=O)(NCCO)c1cc(Cl)cc(Cl)c1. The van der Waals surface area contributed by atoms with Crippen LogP contribution < -0.4 is 4.72 Å². The molecule has 0 unspecified atom stereocenters. The molecule has 0 aliphatic rings. The average Bonchev–Trinajstić information content (AvgIpc) is 2.13. The van der Waals surface area contributed by atoms with Gasteiger partial charge in [0.25, 0.3) is 0 Å². The maximum Gasteiger partial charge on any atom is 0.240 e. The number of aliphatic hydroxyl groups is 1. The third kappa shape index (κ3) is 3.62. The molecule has 0 radical (unpaired) electrons. The summed E-state index contributed by atoms with van der Waals surface area (Å²) in [7, 11) is -3.65. The molecule has 4 nitrogen and oxygen atoms in total. The van der Waals surface area contributed by atoms with Crippen LogP contribution in [0.2, 0.25) is 10.0 Å². The summed E-state index contributed by atoms with van der Waals surface area (Å²) in [5.74, 6) is 0. The molecular formula is C8H9Cl2NO3S. The Morgan fingerprint density at radius 1 is 1.20 bits per heavy atom. The summed E-state index contributed by atoms with van der Waals surface area (Å²) >= 11 is 11.3. The fourth-order valence-electron chi connectivity index (χ4n) is 0.947. The largest absolute Gasteiger partial charge is 0.395 e. The first-order valence-corrected chi connectivity index (χ1v) is 6.26. The molecule has 0 saturated heterocycles. The van der Waals surface area contributed by atoms with Gasteiger partial charge in [0.1, 0.15) is 0 Å². The number of rotatable bonds is 4. The summed E-state index contributed by atoms with van der Waals surface area (Å²) in [5, 5.41) is 8.99. The Morgan fingerprint density at radius 3 is 2.20 bits per heavy atom. The van der Waals surface area contributed by atoms with E-state index in [0.717, 1.165) is 0 Å². The predicted octanol–water partition coefficient (Wildman–Crippen LogP) is 1.26. The highest BCUT2D eigenvalue weighted by Crippen LogP contribution is 2.21. The van der Waals surface area contributed by atoms with Crippen molar-refractivity contribution in [2.75, 3.05) is 13.2 Å². The number of sulfonamides is 1. The van der Waals surface area contributed by atoms with Gasteiger partial charge in [0.05, 0.1) is 11.5 Å².